The van der Waals surface area contributed by atoms with Gasteiger partial charge in [-0.3, -0.25) is 4.79 Å². The maximum atomic E-state index is 13.6. The number of hydrogen-bond donors (Lipinski definition) is 1. The first-order chi connectivity index (χ1) is 16.0. The fourth-order valence-corrected chi connectivity index (χ4v) is 6.62. The molecule has 33 heavy (non-hydrogen) atoms. The summed E-state index contributed by atoms with van der Waals surface area (Å²) in [6.45, 7) is 1.94. The first kappa shape index (κ1) is 22.5. The summed E-state index contributed by atoms with van der Waals surface area (Å²) in [5, 5.41) is 5.52. The summed E-state index contributed by atoms with van der Waals surface area (Å²) in [4.78, 5) is 29.4. The third-order valence-corrected chi connectivity index (χ3v) is 8.80. The van der Waals surface area contributed by atoms with Crippen LogP contribution in [0, 0.1) is 0 Å². The highest BCUT2D eigenvalue weighted by atomic mass is 32.2. The minimum atomic E-state index is -0.386. The Balaban J connectivity index is 1.54. The lowest BCUT2D eigenvalue weighted by Crippen LogP contribution is -2.36. The number of esters is 1. The molecule has 0 saturated heterocycles. The molecular formula is C27H29NO3S2. The molecule has 0 spiro atoms. The predicted molar refractivity (Wildman–Crippen MR) is 133 cm³/mol. The number of thiophene rings is 1. The van der Waals surface area contributed by atoms with Crippen LogP contribution in [0.4, 0.5) is 0 Å². The van der Waals surface area contributed by atoms with E-state index in [0.29, 0.717) is 12.0 Å². The Bertz CT molecular complexity index is 1110. The lowest BCUT2D eigenvalue weighted by Gasteiger charge is -2.36. The van der Waals surface area contributed by atoms with E-state index in [4.69, 9.17) is 4.74 Å². The second-order valence-corrected chi connectivity index (χ2v) is 11.0. The summed E-state index contributed by atoms with van der Waals surface area (Å²) in [6.07, 6.45) is 7.34. The maximum absolute atomic E-state index is 13.6. The molecule has 2 aliphatic carbocycles. The number of ether oxygens (including phenoxy) is 1. The molecule has 0 radical (unpaired) electrons. The fraction of sp³-hybridized carbons (Fsp3) is 0.407. The lowest BCUT2D eigenvalue weighted by atomic mass is 9.72. The zero-order valence-corrected chi connectivity index (χ0v) is 20.7. The van der Waals surface area contributed by atoms with E-state index < -0.39 is 0 Å². The minimum Gasteiger partial charge on any atom is -0.459 e. The second kappa shape index (κ2) is 9.51. The van der Waals surface area contributed by atoms with Gasteiger partial charge in [0.05, 0.1) is 5.57 Å². The molecule has 6 heteroatoms. The normalized spacial score (nSPS) is 23.5. The van der Waals surface area contributed by atoms with Crippen LogP contribution in [0.1, 0.15) is 67.7 Å². The number of rotatable bonds is 5. The number of thioether (sulfide) groups is 1. The van der Waals surface area contributed by atoms with E-state index in [1.807, 2.05) is 19.2 Å². The molecule has 1 aromatic carbocycles. The van der Waals surface area contributed by atoms with Crippen LogP contribution in [0.3, 0.4) is 0 Å². The molecule has 3 aliphatic rings. The van der Waals surface area contributed by atoms with Gasteiger partial charge in [0, 0.05) is 45.0 Å². The van der Waals surface area contributed by atoms with E-state index in [9.17, 15) is 9.59 Å². The summed E-state index contributed by atoms with van der Waals surface area (Å²) in [7, 11) is 0. The first-order valence-corrected chi connectivity index (χ1v) is 13.8. The average Bonchev–Trinajstić information content (AvgIpc) is 3.52. The zero-order valence-electron chi connectivity index (χ0n) is 19.1. The summed E-state index contributed by atoms with van der Waals surface area (Å²) in [5.41, 5.74) is 4.06. The fourth-order valence-electron chi connectivity index (χ4n) is 5.39. The Kier molecular flexibility index (Phi) is 6.48. The summed E-state index contributed by atoms with van der Waals surface area (Å²) < 4.78 is 5.94. The highest BCUT2D eigenvalue weighted by Crippen LogP contribution is 2.46. The largest absolute Gasteiger partial charge is 0.459 e. The quantitative estimate of drug-likeness (QED) is 0.402. The van der Waals surface area contributed by atoms with Gasteiger partial charge in [0.1, 0.15) is 6.10 Å². The first-order valence-electron chi connectivity index (χ1n) is 11.7. The van der Waals surface area contributed by atoms with E-state index in [2.05, 4.69) is 41.0 Å². The van der Waals surface area contributed by atoms with E-state index in [0.717, 1.165) is 59.5 Å². The van der Waals surface area contributed by atoms with E-state index in [-0.39, 0.29) is 29.7 Å². The molecule has 1 aromatic heterocycles. The number of hydrogen-bond acceptors (Lipinski definition) is 6. The smallest absolute Gasteiger partial charge is 0.337 e. The van der Waals surface area contributed by atoms with Crippen LogP contribution < -0.4 is 5.32 Å². The van der Waals surface area contributed by atoms with Crippen LogP contribution in [0.25, 0.3) is 0 Å². The van der Waals surface area contributed by atoms with Gasteiger partial charge in [-0.05, 0) is 74.4 Å². The standard InChI is InChI=1S/C27H29NO3S2/c1-16-24(27(30)31-19-6-3-4-7-19)25(17-9-11-20(32-2)12-10-17)26-21(28-16)14-18(15-22(26)29)23-8-5-13-33-23/h5,8-13,18-19,25,28H,3-4,6-7,14-15H2,1-2H3/t18-,25-/m1/s1. The van der Waals surface area contributed by atoms with Crippen LogP contribution in [0.5, 0.6) is 0 Å². The molecule has 5 rings (SSSR count). The Morgan fingerprint density at radius 3 is 2.55 bits per heavy atom. The van der Waals surface area contributed by atoms with Crippen LogP contribution in [-0.4, -0.2) is 24.1 Å². The number of dihydropyridines is 1. The molecule has 1 saturated carbocycles. The highest BCUT2D eigenvalue weighted by Gasteiger charge is 2.42. The molecule has 0 unspecified atom stereocenters. The number of Topliss-reactive ketones (excluding diaryl/α,β-unsaturated/α-hetero) is 1. The van der Waals surface area contributed by atoms with Crippen molar-refractivity contribution in [3.05, 3.63) is 74.8 Å². The van der Waals surface area contributed by atoms with Gasteiger partial charge in [-0.15, -0.1) is 23.1 Å². The molecule has 4 nitrogen and oxygen atoms in total. The molecule has 2 atom stereocenters. The summed E-state index contributed by atoms with van der Waals surface area (Å²) in [6, 6.07) is 12.4. The molecule has 1 aliphatic heterocycles. The molecular weight excluding hydrogens is 450 g/mol. The number of allylic oxidation sites excluding steroid dienone is 3. The van der Waals surface area contributed by atoms with Gasteiger partial charge in [0.15, 0.2) is 5.78 Å². The minimum absolute atomic E-state index is 0.0158. The highest BCUT2D eigenvalue weighted by molar-refractivity contribution is 7.98. The Labute approximate surface area is 203 Å². The molecule has 0 bridgehead atoms. The molecule has 2 heterocycles. The Morgan fingerprint density at radius 2 is 1.88 bits per heavy atom. The van der Waals surface area contributed by atoms with Crippen molar-refractivity contribution in [2.24, 2.45) is 0 Å². The number of nitrogens with one attached hydrogen (secondary N) is 1. The van der Waals surface area contributed by atoms with Gasteiger partial charge in [-0.1, -0.05) is 18.2 Å². The van der Waals surface area contributed by atoms with Gasteiger partial charge in [0.2, 0.25) is 0 Å². The van der Waals surface area contributed by atoms with Crippen LogP contribution >= 0.6 is 23.1 Å². The summed E-state index contributed by atoms with van der Waals surface area (Å²) >= 11 is 3.39. The van der Waals surface area contributed by atoms with E-state index in [1.165, 1.54) is 4.88 Å². The van der Waals surface area contributed by atoms with Crippen LogP contribution in [-0.2, 0) is 14.3 Å². The molecule has 1 fully saturated rings. The monoisotopic (exact) mass is 479 g/mol. The van der Waals surface area contributed by atoms with Crippen molar-refractivity contribution in [3.63, 3.8) is 0 Å². The predicted octanol–water partition coefficient (Wildman–Crippen LogP) is 6.32. The SMILES string of the molecule is CSc1ccc([C@@H]2C(C(=O)OC3CCCC3)=C(C)NC3=C2C(=O)C[C@H](c2cccs2)C3)cc1. The third kappa shape index (κ3) is 4.43. The Hall–Kier alpha value is -2.31. The number of ketones is 1. The van der Waals surface area contributed by atoms with Gasteiger partial charge in [-0.2, -0.15) is 0 Å². The number of benzene rings is 1. The Morgan fingerprint density at radius 1 is 1.12 bits per heavy atom. The van der Waals surface area contributed by atoms with Crippen molar-refractivity contribution in [3.8, 4) is 0 Å². The van der Waals surface area contributed by atoms with Crippen molar-refractivity contribution >= 4 is 34.9 Å². The number of carbonyl (C=O) groups is 2. The third-order valence-electron chi connectivity index (χ3n) is 7.02. The molecule has 172 valence electrons. The lowest BCUT2D eigenvalue weighted by molar-refractivity contribution is -0.144. The van der Waals surface area contributed by atoms with Crippen LogP contribution in [0.15, 0.2) is 69.2 Å². The van der Waals surface area contributed by atoms with Crippen LogP contribution in [0.2, 0.25) is 0 Å². The van der Waals surface area contributed by atoms with Gasteiger partial charge < -0.3 is 10.1 Å². The molecule has 1 N–H and O–H groups in total. The van der Waals surface area contributed by atoms with Crippen molar-refractivity contribution in [1.29, 1.82) is 0 Å². The van der Waals surface area contributed by atoms with Crippen molar-refractivity contribution in [2.75, 3.05) is 6.26 Å². The maximum Gasteiger partial charge on any atom is 0.337 e. The zero-order chi connectivity index (χ0) is 22.9. The topological polar surface area (TPSA) is 55.4 Å². The van der Waals surface area contributed by atoms with Gasteiger partial charge in [-0.25, -0.2) is 4.79 Å². The van der Waals surface area contributed by atoms with Gasteiger partial charge >= 0.3 is 5.97 Å². The van der Waals surface area contributed by atoms with Crippen molar-refractivity contribution in [1.82, 2.24) is 5.32 Å². The second-order valence-electron chi connectivity index (χ2n) is 9.12. The molecule has 0 amide bonds. The summed E-state index contributed by atoms with van der Waals surface area (Å²) in [5.74, 6) is -0.365. The average molecular weight is 480 g/mol. The molecule has 2 aromatic rings. The number of carbonyl (C=O) groups excluding carboxylic acids is 2. The van der Waals surface area contributed by atoms with Crippen molar-refractivity contribution in [2.45, 2.75) is 68.3 Å². The van der Waals surface area contributed by atoms with Gasteiger partial charge in [0.25, 0.3) is 0 Å². The van der Waals surface area contributed by atoms with E-state index in [1.54, 1.807) is 23.1 Å². The van der Waals surface area contributed by atoms with E-state index >= 15 is 0 Å². The van der Waals surface area contributed by atoms with Crippen molar-refractivity contribution < 1.29 is 14.3 Å².